The molecule has 3 heteroatoms. The van der Waals surface area contributed by atoms with Gasteiger partial charge in [0.25, 0.3) is 0 Å². The molecular formula is C28H47NO2. The average Bonchev–Trinajstić information content (AvgIpc) is 3.24. The summed E-state index contributed by atoms with van der Waals surface area (Å²) in [5, 5.41) is 0. The third-order valence-corrected chi connectivity index (χ3v) is 11.7. The summed E-state index contributed by atoms with van der Waals surface area (Å²) < 4.78 is 0. The van der Waals surface area contributed by atoms with E-state index in [1.165, 1.54) is 64.2 Å². The monoisotopic (exact) mass is 429 g/mol. The largest absolute Gasteiger partial charge is 0.370 e. The summed E-state index contributed by atoms with van der Waals surface area (Å²) in [5.74, 6) is 4.99. The van der Waals surface area contributed by atoms with Gasteiger partial charge in [-0.05, 0) is 91.3 Å². The number of hydrogen-bond donors (Lipinski definition) is 1. The Morgan fingerprint density at radius 1 is 1.00 bits per heavy atom. The lowest BCUT2D eigenvalue weighted by Gasteiger charge is -2.64. The molecular weight excluding hydrogens is 382 g/mol. The van der Waals surface area contributed by atoms with Crippen molar-refractivity contribution in [2.75, 3.05) is 0 Å². The molecule has 31 heavy (non-hydrogen) atoms. The van der Waals surface area contributed by atoms with Crippen LogP contribution in [0.2, 0.25) is 0 Å². The van der Waals surface area contributed by atoms with Gasteiger partial charge in [0.1, 0.15) is 0 Å². The minimum atomic E-state index is -0.0839. The molecule has 1 heterocycles. The van der Waals surface area contributed by atoms with Crippen LogP contribution in [0.5, 0.6) is 0 Å². The van der Waals surface area contributed by atoms with Crippen LogP contribution in [0.1, 0.15) is 112 Å². The molecule has 1 N–H and O–H groups in total. The van der Waals surface area contributed by atoms with E-state index in [-0.39, 0.29) is 22.8 Å². The first-order chi connectivity index (χ1) is 14.7. The number of hydrogen-bond acceptors (Lipinski definition) is 3. The second kappa shape index (κ2) is 7.74. The zero-order valence-corrected chi connectivity index (χ0v) is 20.8. The molecule has 0 aromatic rings. The smallest absolute Gasteiger partial charge is 0.329 e. The molecule has 5 aliphatic rings. The van der Waals surface area contributed by atoms with Gasteiger partial charge in [0.15, 0.2) is 0 Å². The zero-order valence-electron chi connectivity index (χ0n) is 20.8. The van der Waals surface area contributed by atoms with E-state index in [9.17, 15) is 4.79 Å². The maximum atomic E-state index is 12.9. The highest BCUT2D eigenvalue weighted by molar-refractivity contribution is 5.76. The first-order valence-electron chi connectivity index (χ1n) is 13.7. The molecule has 0 aromatic carbocycles. The minimum Gasteiger partial charge on any atom is -0.370 e. The van der Waals surface area contributed by atoms with Crippen molar-refractivity contribution in [1.29, 1.82) is 0 Å². The highest BCUT2D eigenvalue weighted by Gasteiger charge is 2.70. The molecule has 176 valence electrons. The van der Waals surface area contributed by atoms with Crippen LogP contribution in [0.3, 0.4) is 0 Å². The number of rotatable bonds is 5. The van der Waals surface area contributed by atoms with Crippen LogP contribution >= 0.6 is 0 Å². The Balaban J connectivity index is 1.39. The molecule has 0 bridgehead atoms. The second-order valence-electron chi connectivity index (χ2n) is 13.3. The number of fused-ring (bicyclic) bond motifs is 4. The quantitative estimate of drug-likeness (QED) is 0.516. The van der Waals surface area contributed by atoms with Crippen molar-refractivity contribution in [3.8, 4) is 0 Å². The molecule has 5 rings (SSSR count). The summed E-state index contributed by atoms with van der Waals surface area (Å²) in [6.07, 6.45) is 15.8. The molecule has 9 atom stereocenters. The van der Waals surface area contributed by atoms with Crippen molar-refractivity contribution in [3.05, 3.63) is 0 Å². The Kier molecular flexibility index (Phi) is 5.55. The van der Waals surface area contributed by atoms with Gasteiger partial charge in [-0.3, -0.25) is 0 Å². The van der Waals surface area contributed by atoms with Gasteiger partial charge in [-0.2, -0.15) is 0 Å². The van der Waals surface area contributed by atoms with Gasteiger partial charge in [-0.1, -0.05) is 66.7 Å². The van der Waals surface area contributed by atoms with Gasteiger partial charge in [0.2, 0.25) is 0 Å². The SMILES string of the molecule is CC(C)CCC[C@@H](C)[C@H]1CC[C@H]2[C@@H]3C[C@@H]4C(=O)ON[C@@]45CCCC[C@]5(C)[C@H]3CC[C@]12C. The van der Waals surface area contributed by atoms with Crippen LogP contribution in [0.25, 0.3) is 0 Å². The van der Waals surface area contributed by atoms with Crippen LogP contribution in [0, 0.1) is 52.3 Å². The van der Waals surface area contributed by atoms with Crippen molar-refractivity contribution < 1.29 is 9.63 Å². The molecule has 0 radical (unpaired) electrons. The van der Waals surface area contributed by atoms with Crippen LogP contribution in [0.4, 0.5) is 0 Å². The van der Waals surface area contributed by atoms with E-state index < -0.39 is 0 Å². The first-order valence-corrected chi connectivity index (χ1v) is 13.7. The van der Waals surface area contributed by atoms with Crippen molar-refractivity contribution >= 4 is 5.97 Å². The predicted octanol–water partition coefficient (Wildman–Crippen LogP) is 6.91. The van der Waals surface area contributed by atoms with E-state index in [1.54, 1.807) is 0 Å². The van der Waals surface area contributed by atoms with Gasteiger partial charge in [-0.25, -0.2) is 4.79 Å². The third kappa shape index (κ3) is 3.11. The Bertz CT molecular complexity index is 705. The van der Waals surface area contributed by atoms with Crippen LogP contribution in [-0.4, -0.2) is 11.5 Å². The summed E-state index contributed by atoms with van der Waals surface area (Å²) in [4.78, 5) is 18.5. The van der Waals surface area contributed by atoms with Crippen molar-refractivity contribution in [1.82, 2.24) is 5.48 Å². The lowest BCUT2D eigenvalue weighted by molar-refractivity contribution is -0.157. The Morgan fingerprint density at radius 3 is 2.55 bits per heavy atom. The van der Waals surface area contributed by atoms with E-state index in [4.69, 9.17) is 4.84 Å². The molecule has 4 aliphatic carbocycles. The summed E-state index contributed by atoms with van der Waals surface area (Å²) >= 11 is 0. The standard InChI is InChI=1S/C28H47NO2/c1-18(2)9-8-10-19(3)21-11-12-22-20-17-24-25(30)31-29-28(24)15-7-6-14-27(28,5)23(20)13-16-26(21,22)4/h18-24,29H,6-17H2,1-5H3/t19-,20+,21-,22+,23+,24-,26-,27-,28+/m1/s1. The highest BCUT2D eigenvalue weighted by Crippen LogP contribution is 2.70. The molecule has 1 saturated heterocycles. The van der Waals surface area contributed by atoms with Gasteiger partial charge >= 0.3 is 5.97 Å². The van der Waals surface area contributed by atoms with Crippen molar-refractivity contribution in [2.45, 2.75) is 117 Å². The maximum Gasteiger partial charge on any atom is 0.329 e. The van der Waals surface area contributed by atoms with Gasteiger partial charge in [0.05, 0.1) is 11.5 Å². The fourth-order valence-electron chi connectivity index (χ4n) is 10.1. The molecule has 0 unspecified atom stereocenters. The van der Waals surface area contributed by atoms with Gasteiger partial charge < -0.3 is 4.84 Å². The minimum absolute atomic E-state index is 0.0513. The number of carbonyl (C=O) groups excluding carboxylic acids is 1. The molecule has 0 amide bonds. The third-order valence-electron chi connectivity index (χ3n) is 11.7. The van der Waals surface area contributed by atoms with E-state index >= 15 is 0 Å². The van der Waals surface area contributed by atoms with Gasteiger partial charge in [-0.15, -0.1) is 5.48 Å². The topological polar surface area (TPSA) is 38.3 Å². The lowest BCUT2D eigenvalue weighted by Crippen LogP contribution is -2.68. The summed E-state index contributed by atoms with van der Waals surface area (Å²) in [5.41, 5.74) is 3.99. The Hall–Kier alpha value is -0.570. The fourth-order valence-corrected chi connectivity index (χ4v) is 10.1. The summed E-state index contributed by atoms with van der Waals surface area (Å²) in [6, 6.07) is 0. The number of carbonyl (C=O) groups is 1. The summed E-state index contributed by atoms with van der Waals surface area (Å²) in [7, 11) is 0. The molecule has 0 aromatic heterocycles. The first kappa shape index (κ1) is 22.2. The van der Waals surface area contributed by atoms with Crippen molar-refractivity contribution in [3.63, 3.8) is 0 Å². The van der Waals surface area contributed by atoms with Crippen LogP contribution in [-0.2, 0) is 9.63 Å². The second-order valence-corrected chi connectivity index (χ2v) is 13.3. The normalized spacial score (nSPS) is 49.7. The summed E-state index contributed by atoms with van der Waals surface area (Å²) in [6.45, 7) is 12.5. The maximum absolute atomic E-state index is 12.9. The van der Waals surface area contributed by atoms with E-state index in [0.29, 0.717) is 5.41 Å². The average molecular weight is 430 g/mol. The molecule has 1 spiro atoms. The van der Waals surface area contributed by atoms with E-state index in [2.05, 4.69) is 40.1 Å². The molecule has 4 saturated carbocycles. The Morgan fingerprint density at radius 2 is 1.77 bits per heavy atom. The molecule has 1 aliphatic heterocycles. The highest BCUT2D eigenvalue weighted by atomic mass is 16.7. The van der Waals surface area contributed by atoms with Crippen LogP contribution in [0.15, 0.2) is 0 Å². The zero-order chi connectivity index (χ0) is 22.0. The Labute approximate surface area is 190 Å². The van der Waals surface area contributed by atoms with E-state index in [0.717, 1.165) is 48.3 Å². The fraction of sp³-hybridized carbons (Fsp3) is 0.964. The number of nitrogens with one attached hydrogen (secondary N) is 1. The molecule has 3 nitrogen and oxygen atoms in total. The predicted molar refractivity (Wildman–Crippen MR) is 125 cm³/mol. The van der Waals surface area contributed by atoms with E-state index in [1.807, 2.05) is 0 Å². The number of hydroxylamine groups is 1. The van der Waals surface area contributed by atoms with Crippen LogP contribution < -0.4 is 5.48 Å². The van der Waals surface area contributed by atoms with Crippen molar-refractivity contribution in [2.24, 2.45) is 52.3 Å². The van der Waals surface area contributed by atoms with Gasteiger partial charge in [0, 0.05) is 0 Å². The lowest BCUT2D eigenvalue weighted by atomic mass is 9.40. The molecule has 5 fully saturated rings.